The highest BCUT2D eigenvalue weighted by Gasteiger charge is 2.05. The Morgan fingerprint density at radius 3 is 2.48 bits per heavy atom. The number of aliphatic carboxylic acids is 1. The maximum absolute atomic E-state index is 11.1. The smallest absolute Gasteiger partial charge is 0.328 e. The van der Waals surface area contributed by atoms with Gasteiger partial charge in [0.05, 0.1) is 7.11 Å². The third-order valence-corrected chi connectivity index (χ3v) is 3.81. The second kappa shape index (κ2) is 11.7. The molecule has 0 saturated heterocycles. The molecule has 1 aromatic carbocycles. The third-order valence-electron chi connectivity index (χ3n) is 3.81. The van der Waals surface area contributed by atoms with E-state index in [9.17, 15) is 9.59 Å². The summed E-state index contributed by atoms with van der Waals surface area (Å²) in [6.07, 6.45) is 9.14. The average molecular weight is 372 g/mol. The fourth-order valence-corrected chi connectivity index (χ4v) is 2.46. The van der Waals surface area contributed by atoms with Gasteiger partial charge < -0.3 is 14.6 Å². The maximum atomic E-state index is 11.1. The lowest BCUT2D eigenvalue weighted by Gasteiger charge is -2.10. The van der Waals surface area contributed by atoms with Crippen LogP contribution >= 0.6 is 0 Å². The monoisotopic (exact) mass is 372 g/mol. The number of carbonyl (C=O) groups excluding carboxylic acids is 1. The van der Waals surface area contributed by atoms with Crippen molar-refractivity contribution in [1.82, 2.24) is 0 Å². The molecule has 0 saturated carbocycles. The van der Waals surface area contributed by atoms with Gasteiger partial charge in [-0.2, -0.15) is 0 Å². The third kappa shape index (κ3) is 9.45. The van der Waals surface area contributed by atoms with E-state index in [-0.39, 0.29) is 12.6 Å². The number of carboxylic acid groups (broad SMARTS) is 1. The number of allylic oxidation sites excluding steroid dienone is 3. The van der Waals surface area contributed by atoms with Gasteiger partial charge in [0.15, 0.2) is 0 Å². The van der Waals surface area contributed by atoms with E-state index < -0.39 is 5.97 Å². The van der Waals surface area contributed by atoms with Gasteiger partial charge in [-0.25, -0.2) is 4.79 Å². The second-order valence-electron chi connectivity index (χ2n) is 6.41. The molecule has 0 fully saturated rings. The van der Waals surface area contributed by atoms with E-state index in [1.165, 1.54) is 12.5 Å². The Morgan fingerprint density at radius 1 is 1.15 bits per heavy atom. The van der Waals surface area contributed by atoms with Crippen LogP contribution in [-0.4, -0.2) is 30.8 Å². The number of benzene rings is 1. The molecular formula is C22H28O5. The molecule has 5 heteroatoms. The van der Waals surface area contributed by atoms with Crippen molar-refractivity contribution < 1.29 is 24.2 Å². The Hall–Kier alpha value is -2.82. The summed E-state index contributed by atoms with van der Waals surface area (Å²) in [5.41, 5.74) is 4.01. The number of hydrogen-bond donors (Lipinski definition) is 1. The molecule has 0 atom stereocenters. The minimum Gasteiger partial charge on any atom is -0.496 e. The molecule has 0 spiro atoms. The van der Waals surface area contributed by atoms with Crippen LogP contribution in [0.2, 0.25) is 0 Å². The first-order chi connectivity index (χ1) is 12.8. The van der Waals surface area contributed by atoms with Crippen molar-refractivity contribution in [2.45, 2.75) is 40.0 Å². The van der Waals surface area contributed by atoms with E-state index in [4.69, 9.17) is 14.6 Å². The molecule has 1 rings (SSSR count). The number of esters is 1. The van der Waals surface area contributed by atoms with Crippen LogP contribution < -0.4 is 4.74 Å². The molecule has 5 nitrogen and oxygen atoms in total. The lowest BCUT2D eigenvalue weighted by molar-refractivity contribution is -0.140. The molecule has 1 aromatic rings. The number of rotatable bonds is 10. The molecule has 0 bridgehead atoms. The summed E-state index contributed by atoms with van der Waals surface area (Å²) in [7, 11) is 1.60. The first kappa shape index (κ1) is 22.2. The van der Waals surface area contributed by atoms with E-state index in [2.05, 4.69) is 19.9 Å². The highest BCUT2D eigenvalue weighted by Crippen LogP contribution is 2.22. The van der Waals surface area contributed by atoms with E-state index >= 15 is 0 Å². The quantitative estimate of drug-likeness (QED) is 0.370. The normalized spacial score (nSPS) is 11.3. The summed E-state index contributed by atoms with van der Waals surface area (Å²) in [5, 5.41) is 8.78. The van der Waals surface area contributed by atoms with Crippen LogP contribution in [0, 0.1) is 0 Å². The van der Waals surface area contributed by atoms with E-state index in [0.717, 1.165) is 41.4 Å². The van der Waals surface area contributed by atoms with Gasteiger partial charge in [-0.3, -0.25) is 4.79 Å². The molecule has 1 N–H and O–H groups in total. The molecule has 0 amide bonds. The zero-order valence-corrected chi connectivity index (χ0v) is 16.5. The fraction of sp³-hybridized carbons (Fsp3) is 0.364. The number of carboxylic acids is 1. The van der Waals surface area contributed by atoms with Crippen LogP contribution in [-0.2, 0) is 20.7 Å². The maximum Gasteiger partial charge on any atom is 0.328 e. The molecular weight excluding hydrogens is 344 g/mol. The number of carbonyl (C=O) groups is 2. The van der Waals surface area contributed by atoms with Gasteiger partial charge in [-0.05, 0) is 68.0 Å². The highest BCUT2D eigenvalue weighted by molar-refractivity contribution is 5.85. The molecule has 146 valence electrons. The topological polar surface area (TPSA) is 72.8 Å². The lowest BCUT2D eigenvalue weighted by Crippen LogP contribution is -2.04. The van der Waals surface area contributed by atoms with Gasteiger partial charge in [0.2, 0.25) is 0 Å². The van der Waals surface area contributed by atoms with Gasteiger partial charge >= 0.3 is 11.9 Å². The van der Waals surface area contributed by atoms with Crippen LogP contribution in [0.3, 0.4) is 0 Å². The van der Waals surface area contributed by atoms with Crippen LogP contribution in [0.5, 0.6) is 5.75 Å². The number of methoxy groups -OCH3 is 1. The Morgan fingerprint density at radius 2 is 1.89 bits per heavy atom. The summed E-state index contributed by atoms with van der Waals surface area (Å²) >= 11 is 0. The van der Waals surface area contributed by atoms with Crippen molar-refractivity contribution in [3.05, 3.63) is 58.7 Å². The van der Waals surface area contributed by atoms with Crippen LogP contribution in [0.4, 0.5) is 0 Å². The molecule has 0 aliphatic carbocycles. The first-order valence-electron chi connectivity index (χ1n) is 8.84. The Bertz CT molecular complexity index is 737. The minimum atomic E-state index is -0.991. The van der Waals surface area contributed by atoms with Gasteiger partial charge in [0, 0.05) is 13.0 Å². The van der Waals surface area contributed by atoms with E-state index in [0.29, 0.717) is 6.42 Å². The van der Waals surface area contributed by atoms with E-state index in [1.807, 2.05) is 18.2 Å². The van der Waals surface area contributed by atoms with Crippen molar-refractivity contribution in [2.24, 2.45) is 0 Å². The second-order valence-corrected chi connectivity index (χ2v) is 6.41. The SMILES string of the molecule is COc1ccc(/C=C/C(=O)O)cc1C/C=C(\CCC=C(C)C)COC(C)=O. The predicted octanol–water partition coefficient (Wildman–Crippen LogP) is 4.57. The van der Waals surface area contributed by atoms with Crippen LogP contribution in [0.25, 0.3) is 6.08 Å². The molecule has 27 heavy (non-hydrogen) atoms. The van der Waals surface area contributed by atoms with Crippen molar-refractivity contribution in [3.63, 3.8) is 0 Å². The summed E-state index contributed by atoms with van der Waals surface area (Å²) < 4.78 is 10.6. The minimum absolute atomic E-state index is 0.271. The summed E-state index contributed by atoms with van der Waals surface area (Å²) in [5.74, 6) is -0.563. The predicted molar refractivity (Wildman–Crippen MR) is 107 cm³/mol. The average Bonchev–Trinajstić information content (AvgIpc) is 2.61. The van der Waals surface area contributed by atoms with Gasteiger partial charge in [-0.1, -0.05) is 23.8 Å². The molecule has 0 unspecified atom stereocenters. The zero-order chi connectivity index (χ0) is 20.2. The molecule has 0 heterocycles. The number of ether oxygens (including phenoxy) is 2. The first-order valence-corrected chi connectivity index (χ1v) is 8.84. The molecule has 0 aliphatic rings. The van der Waals surface area contributed by atoms with Gasteiger partial charge in [0.25, 0.3) is 0 Å². The largest absolute Gasteiger partial charge is 0.496 e. The van der Waals surface area contributed by atoms with Crippen molar-refractivity contribution in [2.75, 3.05) is 13.7 Å². The summed E-state index contributed by atoms with van der Waals surface area (Å²) in [4.78, 5) is 21.8. The number of hydrogen-bond acceptors (Lipinski definition) is 4. The van der Waals surface area contributed by atoms with Gasteiger partial charge in [-0.15, -0.1) is 0 Å². The van der Waals surface area contributed by atoms with Crippen molar-refractivity contribution in [3.8, 4) is 5.75 Å². The Labute approximate surface area is 161 Å². The summed E-state index contributed by atoms with van der Waals surface area (Å²) in [6.45, 7) is 5.77. The zero-order valence-electron chi connectivity index (χ0n) is 16.5. The lowest BCUT2D eigenvalue weighted by atomic mass is 10.0. The van der Waals surface area contributed by atoms with Crippen molar-refractivity contribution >= 4 is 18.0 Å². The highest BCUT2D eigenvalue weighted by atomic mass is 16.5. The van der Waals surface area contributed by atoms with Crippen molar-refractivity contribution in [1.29, 1.82) is 0 Å². The Balaban J connectivity index is 2.99. The molecule has 0 radical (unpaired) electrons. The standard InChI is InChI=1S/C22H28O5/c1-16(2)6-5-7-19(15-27-17(3)23)8-11-20-14-18(10-13-22(24)25)9-12-21(20)26-4/h6,8-10,12-14H,5,7,11,15H2,1-4H3,(H,24,25)/b13-10+,19-8+. The van der Waals surface area contributed by atoms with Gasteiger partial charge in [0.1, 0.15) is 12.4 Å². The molecule has 0 aliphatic heterocycles. The summed E-state index contributed by atoms with van der Waals surface area (Å²) in [6, 6.07) is 5.52. The van der Waals surface area contributed by atoms with E-state index in [1.54, 1.807) is 19.3 Å². The fourth-order valence-electron chi connectivity index (χ4n) is 2.46. The Kier molecular flexibility index (Phi) is 9.65. The molecule has 0 aromatic heterocycles. The van der Waals surface area contributed by atoms with Crippen LogP contribution in [0.15, 0.2) is 47.6 Å². The van der Waals surface area contributed by atoms with Crippen LogP contribution in [0.1, 0.15) is 44.7 Å².